The Morgan fingerprint density at radius 3 is 2.78 bits per heavy atom. The Kier molecular flexibility index (Phi) is 4.20. The number of carbonyl (C=O) groups is 1. The van der Waals surface area contributed by atoms with Gasteiger partial charge in [-0.1, -0.05) is 13.8 Å². The molecule has 4 heteroatoms. The van der Waals surface area contributed by atoms with Crippen LogP contribution in [-0.2, 0) is 0 Å². The number of ether oxygens (including phenoxy) is 2. The minimum atomic E-state index is -0.0347. The van der Waals surface area contributed by atoms with Crippen LogP contribution in [0, 0.1) is 5.92 Å². The number of hydrogen-bond donors (Lipinski definition) is 1. The fourth-order valence-corrected chi connectivity index (χ4v) is 1.93. The Hall–Kier alpha value is -1.55. The van der Waals surface area contributed by atoms with E-state index in [4.69, 9.17) is 9.47 Å². The highest BCUT2D eigenvalue weighted by Crippen LogP contribution is 2.31. The largest absolute Gasteiger partial charge is 0.486 e. The predicted molar refractivity (Wildman–Crippen MR) is 69.5 cm³/mol. The first kappa shape index (κ1) is 12.9. The summed E-state index contributed by atoms with van der Waals surface area (Å²) in [6.45, 7) is 6.64. The van der Waals surface area contributed by atoms with Gasteiger partial charge in [-0.3, -0.25) is 4.79 Å². The van der Waals surface area contributed by atoms with Crippen molar-refractivity contribution in [1.29, 1.82) is 0 Å². The van der Waals surface area contributed by atoms with Crippen LogP contribution in [0.5, 0.6) is 11.5 Å². The van der Waals surface area contributed by atoms with Gasteiger partial charge in [0.1, 0.15) is 13.2 Å². The number of benzene rings is 1. The molecule has 1 N–H and O–H groups in total. The predicted octanol–water partition coefficient (Wildman–Crippen LogP) is 1.89. The molecular weight excluding hydrogens is 230 g/mol. The summed E-state index contributed by atoms with van der Waals surface area (Å²) in [4.78, 5) is 12.2. The number of ketones is 1. The molecule has 98 valence electrons. The molecule has 1 aromatic carbocycles. The van der Waals surface area contributed by atoms with E-state index < -0.39 is 0 Å². The van der Waals surface area contributed by atoms with Crippen molar-refractivity contribution in [2.45, 2.75) is 13.8 Å². The summed E-state index contributed by atoms with van der Waals surface area (Å²) >= 11 is 0. The van der Waals surface area contributed by atoms with Crippen LogP contribution in [-0.4, -0.2) is 32.1 Å². The van der Waals surface area contributed by atoms with Crippen molar-refractivity contribution in [3.05, 3.63) is 23.8 Å². The van der Waals surface area contributed by atoms with Crippen LogP contribution in [0.3, 0.4) is 0 Å². The van der Waals surface area contributed by atoms with Gasteiger partial charge in [-0.15, -0.1) is 0 Å². The van der Waals surface area contributed by atoms with Crippen molar-refractivity contribution in [2.24, 2.45) is 5.92 Å². The Morgan fingerprint density at radius 1 is 1.33 bits per heavy atom. The van der Waals surface area contributed by atoms with Crippen LogP contribution in [0.25, 0.3) is 0 Å². The second kappa shape index (κ2) is 5.87. The van der Waals surface area contributed by atoms with E-state index in [1.54, 1.807) is 12.1 Å². The molecule has 1 heterocycles. The zero-order chi connectivity index (χ0) is 13.0. The number of rotatable bonds is 5. The molecule has 0 aromatic heterocycles. The lowest BCUT2D eigenvalue weighted by atomic mass is 9.99. The number of hydrogen-bond acceptors (Lipinski definition) is 4. The van der Waals surface area contributed by atoms with Crippen LogP contribution in [0.2, 0.25) is 0 Å². The van der Waals surface area contributed by atoms with E-state index in [9.17, 15) is 4.79 Å². The van der Waals surface area contributed by atoms with Gasteiger partial charge in [0, 0.05) is 18.0 Å². The van der Waals surface area contributed by atoms with Crippen molar-refractivity contribution < 1.29 is 14.3 Å². The SMILES string of the molecule is CCNCC(C)C(=O)c1ccc2c(c1)OCCO2. The molecule has 4 nitrogen and oxygen atoms in total. The van der Waals surface area contributed by atoms with E-state index >= 15 is 0 Å². The van der Waals surface area contributed by atoms with Gasteiger partial charge in [-0.05, 0) is 24.7 Å². The first-order valence-electron chi connectivity index (χ1n) is 6.37. The molecule has 1 aliphatic heterocycles. The molecule has 0 saturated heterocycles. The standard InChI is InChI=1S/C14H19NO3/c1-3-15-9-10(2)14(16)11-4-5-12-13(8-11)18-7-6-17-12/h4-5,8,10,15H,3,6-7,9H2,1-2H3. The van der Waals surface area contributed by atoms with Crippen molar-refractivity contribution in [3.63, 3.8) is 0 Å². The third-order valence-corrected chi connectivity index (χ3v) is 2.97. The third kappa shape index (κ3) is 2.82. The maximum atomic E-state index is 12.2. The maximum Gasteiger partial charge on any atom is 0.167 e. The van der Waals surface area contributed by atoms with Crippen molar-refractivity contribution in [2.75, 3.05) is 26.3 Å². The normalized spacial score (nSPS) is 15.2. The summed E-state index contributed by atoms with van der Waals surface area (Å²) in [6, 6.07) is 5.39. The molecule has 1 atom stereocenters. The highest BCUT2D eigenvalue weighted by molar-refractivity contribution is 5.98. The fourth-order valence-electron chi connectivity index (χ4n) is 1.93. The number of Topliss-reactive ketones (excluding diaryl/α,β-unsaturated/α-hetero) is 1. The van der Waals surface area contributed by atoms with Gasteiger partial charge < -0.3 is 14.8 Å². The molecule has 0 radical (unpaired) electrons. The lowest BCUT2D eigenvalue weighted by Crippen LogP contribution is -2.26. The Labute approximate surface area is 107 Å². The summed E-state index contributed by atoms with van der Waals surface area (Å²) in [5, 5.41) is 3.18. The van der Waals surface area contributed by atoms with E-state index in [1.165, 1.54) is 0 Å². The van der Waals surface area contributed by atoms with Crippen molar-refractivity contribution in [1.82, 2.24) is 5.32 Å². The molecule has 0 bridgehead atoms. The summed E-state index contributed by atoms with van der Waals surface area (Å²) in [5.41, 5.74) is 0.685. The minimum absolute atomic E-state index is 0.0347. The highest BCUT2D eigenvalue weighted by atomic mass is 16.6. The molecule has 1 aliphatic rings. The van der Waals surface area contributed by atoms with Gasteiger partial charge in [0.05, 0.1) is 0 Å². The Morgan fingerprint density at radius 2 is 2.06 bits per heavy atom. The summed E-state index contributed by atoms with van der Waals surface area (Å²) in [6.07, 6.45) is 0. The summed E-state index contributed by atoms with van der Waals surface area (Å²) in [7, 11) is 0. The Bertz CT molecular complexity index is 431. The molecule has 0 amide bonds. The van der Waals surface area contributed by atoms with E-state index in [1.807, 2.05) is 19.9 Å². The van der Waals surface area contributed by atoms with Crippen molar-refractivity contribution in [3.8, 4) is 11.5 Å². The summed E-state index contributed by atoms with van der Waals surface area (Å²) < 4.78 is 10.9. The van der Waals surface area contributed by atoms with Crippen LogP contribution in [0.15, 0.2) is 18.2 Å². The molecule has 2 rings (SSSR count). The molecule has 0 spiro atoms. The van der Waals surface area contributed by atoms with Gasteiger partial charge in [0.15, 0.2) is 17.3 Å². The zero-order valence-corrected chi connectivity index (χ0v) is 10.9. The number of fused-ring (bicyclic) bond motifs is 1. The van der Waals surface area contributed by atoms with Gasteiger partial charge in [-0.2, -0.15) is 0 Å². The molecule has 0 fully saturated rings. The second-order valence-corrected chi connectivity index (χ2v) is 4.43. The van der Waals surface area contributed by atoms with Crippen LogP contribution in [0.1, 0.15) is 24.2 Å². The lowest BCUT2D eigenvalue weighted by Gasteiger charge is -2.19. The third-order valence-electron chi connectivity index (χ3n) is 2.97. The van der Waals surface area contributed by atoms with E-state index in [2.05, 4.69) is 5.32 Å². The number of carbonyl (C=O) groups excluding carboxylic acids is 1. The van der Waals surface area contributed by atoms with Crippen LogP contribution >= 0.6 is 0 Å². The highest BCUT2D eigenvalue weighted by Gasteiger charge is 2.18. The molecule has 0 saturated carbocycles. The average molecular weight is 249 g/mol. The van der Waals surface area contributed by atoms with Crippen molar-refractivity contribution >= 4 is 5.78 Å². The fraction of sp³-hybridized carbons (Fsp3) is 0.500. The molecule has 0 aliphatic carbocycles. The quantitative estimate of drug-likeness (QED) is 0.809. The smallest absolute Gasteiger partial charge is 0.167 e. The lowest BCUT2D eigenvalue weighted by molar-refractivity contribution is 0.0928. The van der Waals surface area contributed by atoms with E-state index in [-0.39, 0.29) is 11.7 Å². The first-order valence-corrected chi connectivity index (χ1v) is 6.37. The minimum Gasteiger partial charge on any atom is -0.486 e. The van der Waals surface area contributed by atoms with E-state index in [0.29, 0.717) is 31.1 Å². The van der Waals surface area contributed by atoms with Gasteiger partial charge in [0.2, 0.25) is 0 Å². The summed E-state index contributed by atoms with van der Waals surface area (Å²) in [5.74, 6) is 1.49. The van der Waals surface area contributed by atoms with Gasteiger partial charge in [0.25, 0.3) is 0 Å². The van der Waals surface area contributed by atoms with Gasteiger partial charge in [-0.25, -0.2) is 0 Å². The van der Waals surface area contributed by atoms with Gasteiger partial charge >= 0.3 is 0 Å². The monoisotopic (exact) mass is 249 g/mol. The zero-order valence-electron chi connectivity index (χ0n) is 10.9. The Balaban J connectivity index is 2.10. The molecule has 18 heavy (non-hydrogen) atoms. The van der Waals surface area contributed by atoms with E-state index in [0.717, 1.165) is 12.3 Å². The number of nitrogens with one attached hydrogen (secondary N) is 1. The average Bonchev–Trinajstić information content (AvgIpc) is 2.43. The molecule has 1 aromatic rings. The topological polar surface area (TPSA) is 47.6 Å². The van der Waals surface area contributed by atoms with Crippen LogP contribution in [0.4, 0.5) is 0 Å². The van der Waals surface area contributed by atoms with Crippen LogP contribution < -0.4 is 14.8 Å². The molecular formula is C14H19NO3. The maximum absolute atomic E-state index is 12.2. The second-order valence-electron chi connectivity index (χ2n) is 4.43. The molecule has 1 unspecified atom stereocenters. The first-order chi connectivity index (χ1) is 8.72.